The molecule has 0 spiro atoms. The zero-order chi connectivity index (χ0) is 21.7. The van der Waals surface area contributed by atoms with Gasteiger partial charge in [0.25, 0.3) is 5.91 Å². The third-order valence-electron chi connectivity index (χ3n) is 4.65. The molecule has 0 saturated carbocycles. The van der Waals surface area contributed by atoms with Crippen molar-refractivity contribution in [2.75, 3.05) is 26.6 Å². The Labute approximate surface area is 175 Å². The number of ketones is 1. The highest BCUT2D eigenvalue weighted by Gasteiger charge is 2.15. The first-order chi connectivity index (χ1) is 14.5. The van der Waals surface area contributed by atoms with Crippen molar-refractivity contribution in [3.05, 3.63) is 71.8 Å². The van der Waals surface area contributed by atoms with E-state index < -0.39 is 0 Å². The summed E-state index contributed by atoms with van der Waals surface area (Å²) in [5.74, 6) is 1.05. The molecule has 154 valence electrons. The van der Waals surface area contributed by atoms with Crippen LogP contribution < -0.4 is 19.5 Å². The number of carbonyl (C=O) groups excluding carboxylic acids is 2. The molecule has 3 aromatic carbocycles. The van der Waals surface area contributed by atoms with E-state index in [1.807, 2.05) is 24.3 Å². The third kappa shape index (κ3) is 4.43. The standard InChI is InChI=1S/C24H23NO5/c1-15(26)16-7-5-8-17(11-16)18-9-6-10-19(12-18)24(27)25-20-13-21(28-2)23(30-4)22(14-20)29-3/h5-14H,1-4H3,(H,25,27). The summed E-state index contributed by atoms with van der Waals surface area (Å²) in [5.41, 5.74) is 3.33. The number of anilines is 1. The Morgan fingerprint density at radius 3 is 1.77 bits per heavy atom. The Morgan fingerprint density at radius 2 is 1.27 bits per heavy atom. The van der Waals surface area contributed by atoms with Gasteiger partial charge in [0.15, 0.2) is 17.3 Å². The van der Waals surface area contributed by atoms with E-state index in [9.17, 15) is 9.59 Å². The lowest BCUT2D eigenvalue weighted by molar-refractivity contribution is 0.101. The zero-order valence-corrected chi connectivity index (χ0v) is 17.3. The molecule has 0 saturated heterocycles. The van der Waals surface area contributed by atoms with Gasteiger partial charge >= 0.3 is 0 Å². The van der Waals surface area contributed by atoms with Crippen molar-refractivity contribution in [1.82, 2.24) is 0 Å². The number of hydrogen-bond donors (Lipinski definition) is 1. The topological polar surface area (TPSA) is 73.9 Å². The molecule has 3 aromatic rings. The van der Waals surface area contributed by atoms with E-state index in [-0.39, 0.29) is 11.7 Å². The number of ether oxygens (including phenoxy) is 3. The third-order valence-corrected chi connectivity index (χ3v) is 4.65. The van der Waals surface area contributed by atoms with Gasteiger partial charge in [0, 0.05) is 28.9 Å². The predicted octanol–water partition coefficient (Wildman–Crippen LogP) is 4.83. The number of rotatable bonds is 7. The molecule has 0 aliphatic rings. The van der Waals surface area contributed by atoms with Gasteiger partial charge < -0.3 is 19.5 Å². The van der Waals surface area contributed by atoms with Crippen LogP contribution in [-0.2, 0) is 0 Å². The maximum absolute atomic E-state index is 12.8. The lowest BCUT2D eigenvalue weighted by Gasteiger charge is -2.15. The maximum atomic E-state index is 12.8. The van der Waals surface area contributed by atoms with Crippen LogP contribution >= 0.6 is 0 Å². The summed E-state index contributed by atoms with van der Waals surface area (Å²) in [6.07, 6.45) is 0. The molecule has 0 fully saturated rings. The number of methoxy groups -OCH3 is 3. The molecule has 6 nitrogen and oxygen atoms in total. The predicted molar refractivity (Wildman–Crippen MR) is 116 cm³/mol. The first kappa shape index (κ1) is 20.9. The molecule has 0 atom stereocenters. The fourth-order valence-corrected chi connectivity index (χ4v) is 3.11. The quantitative estimate of drug-likeness (QED) is 0.570. The SMILES string of the molecule is COc1cc(NC(=O)c2cccc(-c3cccc(C(C)=O)c3)c2)cc(OC)c1OC. The summed E-state index contributed by atoms with van der Waals surface area (Å²) < 4.78 is 16.0. The van der Waals surface area contributed by atoms with Crippen LogP contribution in [0, 0.1) is 0 Å². The van der Waals surface area contributed by atoms with Gasteiger partial charge in [-0.05, 0) is 36.2 Å². The second-order valence-corrected chi connectivity index (χ2v) is 6.59. The minimum Gasteiger partial charge on any atom is -0.493 e. The lowest BCUT2D eigenvalue weighted by atomic mass is 10.00. The second-order valence-electron chi connectivity index (χ2n) is 6.59. The average Bonchev–Trinajstić information content (AvgIpc) is 2.78. The van der Waals surface area contributed by atoms with Gasteiger partial charge in [-0.2, -0.15) is 0 Å². The molecule has 1 amide bonds. The van der Waals surface area contributed by atoms with Gasteiger partial charge in [-0.15, -0.1) is 0 Å². The highest BCUT2D eigenvalue weighted by molar-refractivity contribution is 6.05. The van der Waals surface area contributed by atoms with E-state index in [1.165, 1.54) is 28.3 Å². The van der Waals surface area contributed by atoms with Crippen LogP contribution in [0.25, 0.3) is 11.1 Å². The van der Waals surface area contributed by atoms with Crippen molar-refractivity contribution in [1.29, 1.82) is 0 Å². The van der Waals surface area contributed by atoms with E-state index in [1.54, 1.807) is 36.4 Å². The monoisotopic (exact) mass is 405 g/mol. The van der Waals surface area contributed by atoms with Crippen molar-refractivity contribution in [3.63, 3.8) is 0 Å². The average molecular weight is 405 g/mol. The Morgan fingerprint density at radius 1 is 0.733 bits per heavy atom. The smallest absolute Gasteiger partial charge is 0.255 e. The van der Waals surface area contributed by atoms with E-state index in [4.69, 9.17) is 14.2 Å². The van der Waals surface area contributed by atoms with E-state index >= 15 is 0 Å². The molecule has 1 N–H and O–H groups in total. The van der Waals surface area contributed by atoms with Crippen LogP contribution in [0.15, 0.2) is 60.7 Å². The van der Waals surface area contributed by atoms with Gasteiger partial charge in [-0.1, -0.05) is 30.3 Å². The van der Waals surface area contributed by atoms with Crippen molar-refractivity contribution < 1.29 is 23.8 Å². The summed E-state index contributed by atoms with van der Waals surface area (Å²) in [6.45, 7) is 1.53. The summed E-state index contributed by atoms with van der Waals surface area (Å²) in [4.78, 5) is 24.5. The molecular weight excluding hydrogens is 382 g/mol. The Bertz CT molecular complexity index is 1070. The van der Waals surface area contributed by atoms with Crippen molar-refractivity contribution in [2.24, 2.45) is 0 Å². The molecule has 0 aromatic heterocycles. The maximum Gasteiger partial charge on any atom is 0.255 e. The molecule has 0 heterocycles. The summed E-state index contributed by atoms with van der Waals surface area (Å²) in [7, 11) is 4.55. The largest absolute Gasteiger partial charge is 0.493 e. The number of amides is 1. The number of hydrogen-bond acceptors (Lipinski definition) is 5. The highest BCUT2D eigenvalue weighted by atomic mass is 16.5. The number of nitrogens with one attached hydrogen (secondary N) is 1. The summed E-state index contributed by atoms with van der Waals surface area (Å²) in [5, 5.41) is 2.86. The van der Waals surface area contributed by atoms with Gasteiger partial charge in [-0.3, -0.25) is 9.59 Å². The number of benzene rings is 3. The molecule has 0 aliphatic carbocycles. The van der Waals surface area contributed by atoms with Crippen LogP contribution in [0.2, 0.25) is 0 Å². The molecular formula is C24H23NO5. The first-order valence-corrected chi connectivity index (χ1v) is 9.29. The minimum absolute atomic E-state index is 0.00634. The summed E-state index contributed by atoms with van der Waals surface area (Å²) in [6, 6.07) is 17.9. The van der Waals surface area contributed by atoms with Gasteiger partial charge in [0.2, 0.25) is 5.75 Å². The Hall–Kier alpha value is -3.80. The van der Waals surface area contributed by atoms with Crippen molar-refractivity contribution >= 4 is 17.4 Å². The zero-order valence-electron chi connectivity index (χ0n) is 17.3. The summed E-state index contributed by atoms with van der Waals surface area (Å²) >= 11 is 0. The van der Waals surface area contributed by atoms with Crippen LogP contribution in [0.4, 0.5) is 5.69 Å². The highest BCUT2D eigenvalue weighted by Crippen LogP contribution is 2.40. The normalized spacial score (nSPS) is 10.3. The van der Waals surface area contributed by atoms with Crippen LogP contribution in [0.1, 0.15) is 27.6 Å². The molecule has 0 unspecified atom stereocenters. The molecule has 3 rings (SSSR count). The van der Waals surface area contributed by atoms with Crippen LogP contribution in [-0.4, -0.2) is 33.0 Å². The van der Waals surface area contributed by atoms with Gasteiger partial charge in [0.05, 0.1) is 21.3 Å². The Kier molecular flexibility index (Phi) is 6.37. The van der Waals surface area contributed by atoms with Gasteiger partial charge in [-0.25, -0.2) is 0 Å². The lowest BCUT2D eigenvalue weighted by Crippen LogP contribution is -2.12. The Balaban J connectivity index is 1.89. The van der Waals surface area contributed by atoms with E-state index in [0.29, 0.717) is 34.1 Å². The molecule has 6 heteroatoms. The molecule has 0 bridgehead atoms. The molecule has 30 heavy (non-hydrogen) atoms. The number of carbonyl (C=O) groups is 2. The second kappa shape index (κ2) is 9.13. The van der Waals surface area contributed by atoms with E-state index in [2.05, 4.69) is 5.32 Å². The van der Waals surface area contributed by atoms with Gasteiger partial charge in [0.1, 0.15) is 0 Å². The fraction of sp³-hybridized carbons (Fsp3) is 0.167. The molecule has 0 radical (unpaired) electrons. The van der Waals surface area contributed by atoms with Crippen LogP contribution in [0.3, 0.4) is 0 Å². The van der Waals surface area contributed by atoms with Crippen molar-refractivity contribution in [2.45, 2.75) is 6.92 Å². The fourth-order valence-electron chi connectivity index (χ4n) is 3.11. The molecule has 0 aliphatic heterocycles. The first-order valence-electron chi connectivity index (χ1n) is 9.29. The van der Waals surface area contributed by atoms with E-state index in [0.717, 1.165) is 11.1 Å². The number of Topliss-reactive ketones (excluding diaryl/α,β-unsaturated/α-hetero) is 1. The minimum atomic E-state index is -0.283. The van der Waals surface area contributed by atoms with Crippen LogP contribution in [0.5, 0.6) is 17.2 Å². The van der Waals surface area contributed by atoms with Crippen molar-refractivity contribution in [3.8, 4) is 28.4 Å².